The number of aromatic nitrogens is 1. The third-order valence-corrected chi connectivity index (χ3v) is 3.76. The van der Waals surface area contributed by atoms with Gasteiger partial charge in [0, 0.05) is 5.92 Å². The van der Waals surface area contributed by atoms with Crippen LogP contribution < -0.4 is 5.32 Å². The molecule has 0 aliphatic heterocycles. The van der Waals surface area contributed by atoms with E-state index >= 15 is 0 Å². The third-order valence-electron chi connectivity index (χ3n) is 2.46. The average Bonchev–Trinajstić information content (AvgIpc) is 2.73. The van der Waals surface area contributed by atoms with E-state index < -0.39 is 12.0 Å². The Balaban J connectivity index is 2.77. The van der Waals surface area contributed by atoms with E-state index in [1.54, 1.807) is 13.8 Å². The molecule has 18 heavy (non-hydrogen) atoms. The summed E-state index contributed by atoms with van der Waals surface area (Å²) in [6.45, 7) is 7.50. The van der Waals surface area contributed by atoms with E-state index in [2.05, 4.69) is 10.3 Å². The van der Waals surface area contributed by atoms with Crippen LogP contribution in [0.4, 0.5) is 0 Å². The van der Waals surface area contributed by atoms with Crippen molar-refractivity contribution in [3.63, 3.8) is 0 Å². The van der Waals surface area contributed by atoms with Crippen molar-refractivity contribution in [1.82, 2.24) is 10.3 Å². The van der Waals surface area contributed by atoms with Gasteiger partial charge in [0.2, 0.25) is 0 Å². The summed E-state index contributed by atoms with van der Waals surface area (Å²) >= 11 is 1.30. The maximum Gasteiger partial charge on any atom is 0.326 e. The molecule has 0 fully saturated rings. The van der Waals surface area contributed by atoms with E-state index in [4.69, 9.17) is 5.11 Å². The van der Waals surface area contributed by atoms with Gasteiger partial charge in [-0.15, -0.1) is 11.3 Å². The lowest BCUT2D eigenvalue weighted by atomic mass is 10.0. The Bertz CT molecular complexity index is 440. The van der Waals surface area contributed by atoms with Crippen LogP contribution in [0.25, 0.3) is 0 Å². The van der Waals surface area contributed by atoms with Gasteiger partial charge in [0.1, 0.15) is 10.9 Å². The number of carboxylic acid groups (broad SMARTS) is 1. The van der Waals surface area contributed by atoms with Gasteiger partial charge < -0.3 is 10.4 Å². The monoisotopic (exact) mass is 270 g/mol. The summed E-state index contributed by atoms with van der Waals surface area (Å²) in [4.78, 5) is 27.5. The van der Waals surface area contributed by atoms with E-state index in [0.717, 1.165) is 5.01 Å². The van der Waals surface area contributed by atoms with Crippen molar-refractivity contribution >= 4 is 23.2 Å². The van der Waals surface area contributed by atoms with E-state index in [9.17, 15) is 9.59 Å². The third kappa shape index (κ3) is 3.53. The smallest absolute Gasteiger partial charge is 0.326 e. The second kappa shape index (κ2) is 5.95. The van der Waals surface area contributed by atoms with Crippen molar-refractivity contribution in [2.75, 3.05) is 0 Å². The summed E-state index contributed by atoms with van der Waals surface area (Å²) in [5.74, 6) is -1.30. The molecule has 1 heterocycles. The van der Waals surface area contributed by atoms with E-state index in [0.29, 0.717) is 4.88 Å². The zero-order valence-corrected chi connectivity index (χ0v) is 11.7. The van der Waals surface area contributed by atoms with Crippen molar-refractivity contribution < 1.29 is 14.7 Å². The summed E-state index contributed by atoms with van der Waals surface area (Å²) in [7, 11) is 0. The molecule has 5 nitrogen and oxygen atoms in total. The first-order valence-corrected chi connectivity index (χ1v) is 6.64. The number of thiazole rings is 1. The van der Waals surface area contributed by atoms with Crippen LogP contribution in [-0.4, -0.2) is 28.0 Å². The number of hydrogen-bond acceptors (Lipinski definition) is 4. The zero-order valence-electron chi connectivity index (χ0n) is 10.9. The lowest BCUT2D eigenvalue weighted by molar-refractivity contribution is -0.140. The normalized spacial score (nSPS) is 12.8. The van der Waals surface area contributed by atoms with Crippen molar-refractivity contribution in [3.05, 3.63) is 16.1 Å². The molecule has 1 rings (SSSR count). The fourth-order valence-electron chi connectivity index (χ4n) is 1.39. The van der Waals surface area contributed by atoms with Crippen LogP contribution in [0.3, 0.4) is 0 Å². The van der Waals surface area contributed by atoms with E-state index in [-0.39, 0.29) is 17.7 Å². The van der Waals surface area contributed by atoms with Gasteiger partial charge in [-0.2, -0.15) is 0 Å². The molecular weight excluding hydrogens is 252 g/mol. The second-order valence-corrected chi connectivity index (χ2v) is 5.81. The standard InChI is InChI=1S/C12H18N2O3S/c1-6(2)9(12(16)17)14-10(15)8-5-13-11(18-8)7(3)4/h5-7,9H,1-4H3,(H,14,15)(H,16,17)/t9-/m1/s1. The van der Waals surface area contributed by atoms with Gasteiger partial charge >= 0.3 is 5.97 Å². The van der Waals surface area contributed by atoms with Crippen LogP contribution in [0.5, 0.6) is 0 Å². The van der Waals surface area contributed by atoms with Crippen molar-refractivity contribution in [2.45, 2.75) is 39.7 Å². The Morgan fingerprint density at radius 2 is 1.94 bits per heavy atom. The van der Waals surface area contributed by atoms with Crippen LogP contribution >= 0.6 is 11.3 Å². The lowest BCUT2D eigenvalue weighted by Gasteiger charge is -2.17. The topological polar surface area (TPSA) is 79.3 Å². The van der Waals surface area contributed by atoms with E-state index in [1.165, 1.54) is 17.5 Å². The minimum atomic E-state index is -1.02. The van der Waals surface area contributed by atoms with Gasteiger partial charge in [0.25, 0.3) is 5.91 Å². The largest absolute Gasteiger partial charge is 0.480 e. The minimum absolute atomic E-state index is 0.163. The molecule has 0 radical (unpaired) electrons. The van der Waals surface area contributed by atoms with Crippen LogP contribution in [0.15, 0.2) is 6.20 Å². The SMILES string of the molecule is CC(C)c1ncc(C(=O)N[C@@H](C(=O)O)C(C)C)s1. The molecule has 6 heteroatoms. The molecule has 0 aliphatic rings. The molecule has 2 N–H and O–H groups in total. The fraction of sp³-hybridized carbons (Fsp3) is 0.583. The van der Waals surface area contributed by atoms with Crippen LogP contribution in [0.1, 0.15) is 48.3 Å². The molecule has 100 valence electrons. The highest BCUT2D eigenvalue weighted by atomic mass is 32.1. The number of carbonyl (C=O) groups is 2. The number of nitrogens with zero attached hydrogens (tertiary/aromatic N) is 1. The Kier molecular flexibility index (Phi) is 4.84. The van der Waals surface area contributed by atoms with Crippen LogP contribution in [0.2, 0.25) is 0 Å². The summed E-state index contributed by atoms with van der Waals surface area (Å²) < 4.78 is 0. The zero-order chi connectivity index (χ0) is 13.9. The highest BCUT2D eigenvalue weighted by molar-refractivity contribution is 7.13. The summed E-state index contributed by atoms with van der Waals surface area (Å²) in [6, 6.07) is -0.873. The number of hydrogen-bond donors (Lipinski definition) is 2. The molecule has 1 aromatic heterocycles. The predicted octanol–water partition coefficient (Wildman–Crippen LogP) is 2.11. The molecule has 0 aromatic carbocycles. The quantitative estimate of drug-likeness (QED) is 0.858. The first-order chi connectivity index (χ1) is 8.32. The molecule has 0 saturated carbocycles. The Morgan fingerprint density at radius 3 is 2.33 bits per heavy atom. The number of aliphatic carboxylic acids is 1. The number of amides is 1. The van der Waals surface area contributed by atoms with Gasteiger partial charge in [-0.05, 0) is 5.92 Å². The Labute approximate surface area is 110 Å². The molecule has 1 aromatic rings. The molecule has 1 amide bonds. The number of carboxylic acids is 1. The molecular formula is C12H18N2O3S. The average molecular weight is 270 g/mol. The summed E-state index contributed by atoms with van der Waals surface area (Å²) in [6.07, 6.45) is 1.49. The predicted molar refractivity (Wildman–Crippen MR) is 69.9 cm³/mol. The minimum Gasteiger partial charge on any atom is -0.480 e. The van der Waals surface area contributed by atoms with Crippen molar-refractivity contribution in [1.29, 1.82) is 0 Å². The maximum atomic E-state index is 11.9. The Morgan fingerprint density at radius 1 is 1.33 bits per heavy atom. The Hall–Kier alpha value is -1.43. The van der Waals surface area contributed by atoms with Crippen LogP contribution in [-0.2, 0) is 4.79 Å². The molecule has 1 atom stereocenters. The van der Waals surface area contributed by atoms with Gasteiger partial charge in [-0.3, -0.25) is 4.79 Å². The fourth-order valence-corrected chi connectivity index (χ4v) is 2.21. The molecule has 0 unspecified atom stereocenters. The van der Waals surface area contributed by atoms with Gasteiger partial charge in [-0.25, -0.2) is 9.78 Å². The summed E-state index contributed by atoms with van der Waals surface area (Å²) in [5.41, 5.74) is 0. The van der Waals surface area contributed by atoms with Gasteiger partial charge in [0.05, 0.1) is 11.2 Å². The first-order valence-electron chi connectivity index (χ1n) is 5.82. The first kappa shape index (κ1) is 14.6. The molecule has 0 spiro atoms. The van der Waals surface area contributed by atoms with Crippen LogP contribution in [0, 0.1) is 5.92 Å². The highest BCUT2D eigenvalue weighted by Gasteiger charge is 2.24. The summed E-state index contributed by atoms with van der Waals surface area (Å²) in [5, 5.41) is 12.4. The number of rotatable bonds is 5. The molecule has 0 saturated heterocycles. The van der Waals surface area contributed by atoms with E-state index in [1.807, 2.05) is 13.8 Å². The lowest BCUT2D eigenvalue weighted by Crippen LogP contribution is -2.44. The van der Waals surface area contributed by atoms with Crippen molar-refractivity contribution in [2.24, 2.45) is 5.92 Å². The number of carbonyl (C=O) groups excluding carboxylic acids is 1. The molecule has 0 bridgehead atoms. The van der Waals surface area contributed by atoms with Gasteiger partial charge in [-0.1, -0.05) is 27.7 Å². The second-order valence-electron chi connectivity index (χ2n) is 4.75. The maximum absolute atomic E-state index is 11.9. The highest BCUT2D eigenvalue weighted by Crippen LogP contribution is 2.21. The molecule has 0 aliphatic carbocycles. The number of nitrogens with one attached hydrogen (secondary N) is 1. The van der Waals surface area contributed by atoms with Crippen molar-refractivity contribution in [3.8, 4) is 0 Å². The van der Waals surface area contributed by atoms with Gasteiger partial charge in [0.15, 0.2) is 0 Å².